The van der Waals surface area contributed by atoms with Crippen molar-refractivity contribution < 1.29 is 0 Å². The summed E-state index contributed by atoms with van der Waals surface area (Å²) in [5.41, 5.74) is 2.08. The van der Waals surface area contributed by atoms with Crippen molar-refractivity contribution in [3.05, 3.63) is 17.5 Å². The number of rotatable bonds is 5. The summed E-state index contributed by atoms with van der Waals surface area (Å²) in [5, 5.41) is 13.7. The molecular formula is C12H20N4. The minimum atomic E-state index is -0.168. The molecule has 0 aliphatic carbocycles. The number of nitrogens with zero attached hydrogens (tertiary/aromatic N) is 4. The van der Waals surface area contributed by atoms with Crippen LogP contribution >= 0.6 is 0 Å². The number of hydrogen-bond acceptors (Lipinski definition) is 3. The van der Waals surface area contributed by atoms with E-state index in [2.05, 4.69) is 36.8 Å². The Morgan fingerprint density at radius 1 is 1.44 bits per heavy atom. The average Bonchev–Trinajstić information content (AvgIpc) is 2.66. The standard InChI is InChI=1S/C12H20N4/c1-5-11-10(9-15(4)14-11)12(8-13)16(6-2)7-3/h9,12H,5-7H2,1-4H3. The van der Waals surface area contributed by atoms with E-state index in [-0.39, 0.29) is 6.04 Å². The van der Waals surface area contributed by atoms with Gasteiger partial charge in [-0.05, 0) is 19.5 Å². The van der Waals surface area contributed by atoms with Gasteiger partial charge in [-0.25, -0.2) is 0 Å². The molecule has 16 heavy (non-hydrogen) atoms. The smallest absolute Gasteiger partial charge is 0.127 e. The summed E-state index contributed by atoms with van der Waals surface area (Å²) in [4.78, 5) is 2.15. The lowest BCUT2D eigenvalue weighted by Crippen LogP contribution is -2.27. The molecule has 4 nitrogen and oxygen atoms in total. The summed E-state index contributed by atoms with van der Waals surface area (Å²) in [6.45, 7) is 7.99. The molecule has 0 aromatic carbocycles. The van der Waals surface area contributed by atoms with Crippen molar-refractivity contribution in [1.82, 2.24) is 14.7 Å². The van der Waals surface area contributed by atoms with Crippen LogP contribution in [0.15, 0.2) is 6.20 Å². The fourth-order valence-electron chi connectivity index (χ4n) is 1.99. The minimum Gasteiger partial charge on any atom is -0.285 e. The van der Waals surface area contributed by atoms with Gasteiger partial charge in [-0.2, -0.15) is 10.4 Å². The summed E-state index contributed by atoms with van der Waals surface area (Å²) in [5.74, 6) is 0. The van der Waals surface area contributed by atoms with E-state index >= 15 is 0 Å². The summed E-state index contributed by atoms with van der Waals surface area (Å²) in [6.07, 6.45) is 2.83. The topological polar surface area (TPSA) is 44.9 Å². The Labute approximate surface area is 97.5 Å². The lowest BCUT2D eigenvalue weighted by molar-refractivity contribution is 0.261. The minimum absolute atomic E-state index is 0.168. The molecule has 0 radical (unpaired) electrons. The van der Waals surface area contributed by atoms with Gasteiger partial charge in [0.1, 0.15) is 6.04 Å². The van der Waals surface area contributed by atoms with Gasteiger partial charge in [0.25, 0.3) is 0 Å². The van der Waals surface area contributed by atoms with Gasteiger partial charge in [0.2, 0.25) is 0 Å². The Hall–Kier alpha value is -1.34. The SMILES string of the molecule is CCc1nn(C)cc1C(C#N)N(CC)CC. The molecule has 0 fully saturated rings. The van der Waals surface area contributed by atoms with Crippen LogP contribution in [0.3, 0.4) is 0 Å². The number of aromatic nitrogens is 2. The summed E-state index contributed by atoms with van der Waals surface area (Å²) in [7, 11) is 1.90. The van der Waals surface area contributed by atoms with Gasteiger partial charge in [-0.15, -0.1) is 0 Å². The third kappa shape index (κ3) is 2.42. The predicted molar refractivity (Wildman–Crippen MR) is 63.9 cm³/mol. The van der Waals surface area contributed by atoms with Gasteiger partial charge in [0, 0.05) is 18.8 Å². The van der Waals surface area contributed by atoms with E-state index in [0.717, 1.165) is 30.8 Å². The van der Waals surface area contributed by atoms with Crippen molar-refractivity contribution in [1.29, 1.82) is 5.26 Å². The fourth-order valence-corrected chi connectivity index (χ4v) is 1.99. The maximum absolute atomic E-state index is 9.31. The van der Waals surface area contributed by atoms with Crippen LogP contribution in [0.5, 0.6) is 0 Å². The van der Waals surface area contributed by atoms with Crippen molar-refractivity contribution >= 4 is 0 Å². The van der Waals surface area contributed by atoms with Crippen LogP contribution in [0.2, 0.25) is 0 Å². The molecule has 88 valence electrons. The van der Waals surface area contributed by atoms with Crippen LogP contribution in [0, 0.1) is 11.3 Å². The highest BCUT2D eigenvalue weighted by Crippen LogP contribution is 2.22. The van der Waals surface area contributed by atoms with E-state index in [1.807, 2.05) is 13.2 Å². The zero-order chi connectivity index (χ0) is 12.1. The quantitative estimate of drug-likeness (QED) is 0.761. The van der Waals surface area contributed by atoms with E-state index in [4.69, 9.17) is 0 Å². The molecule has 1 heterocycles. The van der Waals surface area contributed by atoms with Crippen molar-refractivity contribution in [2.75, 3.05) is 13.1 Å². The van der Waals surface area contributed by atoms with Gasteiger partial charge < -0.3 is 0 Å². The molecule has 1 atom stereocenters. The summed E-state index contributed by atoms with van der Waals surface area (Å²) in [6, 6.07) is 2.21. The molecule has 1 rings (SSSR count). The van der Waals surface area contributed by atoms with Gasteiger partial charge in [0.15, 0.2) is 0 Å². The molecule has 0 bridgehead atoms. The molecule has 0 amide bonds. The fraction of sp³-hybridized carbons (Fsp3) is 0.667. The second-order valence-corrected chi connectivity index (χ2v) is 3.81. The first-order valence-electron chi connectivity index (χ1n) is 5.83. The Kier molecular flexibility index (Phi) is 4.51. The molecule has 0 aliphatic rings. The second-order valence-electron chi connectivity index (χ2n) is 3.81. The summed E-state index contributed by atoms with van der Waals surface area (Å²) >= 11 is 0. The third-order valence-corrected chi connectivity index (χ3v) is 2.87. The van der Waals surface area contributed by atoms with Crippen LogP contribution in [-0.2, 0) is 13.5 Å². The van der Waals surface area contributed by atoms with Crippen LogP contribution in [0.25, 0.3) is 0 Å². The molecule has 0 saturated heterocycles. The van der Waals surface area contributed by atoms with Gasteiger partial charge in [0.05, 0.1) is 11.8 Å². The number of nitriles is 1. The molecule has 0 saturated carbocycles. The highest BCUT2D eigenvalue weighted by Gasteiger charge is 2.21. The van der Waals surface area contributed by atoms with Crippen molar-refractivity contribution in [3.63, 3.8) is 0 Å². The van der Waals surface area contributed by atoms with E-state index in [1.165, 1.54) is 0 Å². The normalized spacial score (nSPS) is 12.8. The van der Waals surface area contributed by atoms with Crippen molar-refractivity contribution in [2.24, 2.45) is 7.05 Å². The van der Waals surface area contributed by atoms with E-state index in [0.29, 0.717) is 0 Å². The molecule has 0 N–H and O–H groups in total. The first kappa shape index (κ1) is 12.7. The average molecular weight is 220 g/mol. The Balaban J connectivity index is 3.08. The highest BCUT2D eigenvalue weighted by atomic mass is 15.3. The van der Waals surface area contributed by atoms with Crippen LogP contribution in [0.4, 0.5) is 0 Å². The third-order valence-electron chi connectivity index (χ3n) is 2.87. The molecule has 1 aromatic rings. The lowest BCUT2D eigenvalue weighted by Gasteiger charge is -2.23. The first-order chi connectivity index (χ1) is 7.67. The molecule has 4 heteroatoms. The first-order valence-corrected chi connectivity index (χ1v) is 5.83. The molecular weight excluding hydrogens is 200 g/mol. The number of hydrogen-bond donors (Lipinski definition) is 0. The zero-order valence-electron chi connectivity index (χ0n) is 10.6. The summed E-state index contributed by atoms with van der Waals surface area (Å²) < 4.78 is 1.79. The van der Waals surface area contributed by atoms with E-state index in [1.54, 1.807) is 4.68 Å². The van der Waals surface area contributed by atoms with Gasteiger partial charge >= 0.3 is 0 Å². The maximum Gasteiger partial charge on any atom is 0.127 e. The monoisotopic (exact) mass is 220 g/mol. The largest absolute Gasteiger partial charge is 0.285 e. The molecule has 1 aromatic heterocycles. The maximum atomic E-state index is 9.31. The Morgan fingerprint density at radius 3 is 2.50 bits per heavy atom. The van der Waals surface area contributed by atoms with Gasteiger partial charge in [-0.1, -0.05) is 20.8 Å². The lowest BCUT2D eigenvalue weighted by atomic mass is 10.1. The molecule has 1 unspecified atom stereocenters. The highest BCUT2D eigenvalue weighted by molar-refractivity contribution is 5.26. The molecule has 0 aliphatic heterocycles. The predicted octanol–water partition coefficient (Wildman–Crippen LogP) is 1.89. The Bertz CT molecular complexity index is 371. The van der Waals surface area contributed by atoms with E-state index in [9.17, 15) is 5.26 Å². The van der Waals surface area contributed by atoms with Crippen LogP contribution in [0.1, 0.15) is 38.1 Å². The van der Waals surface area contributed by atoms with Gasteiger partial charge in [-0.3, -0.25) is 9.58 Å². The second kappa shape index (κ2) is 5.66. The number of aryl methyl sites for hydroxylation is 2. The van der Waals surface area contributed by atoms with Crippen molar-refractivity contribution in [3.8, 4) is 6.07 Å². The van der Waals surface area contributed by atoms with Crippen molar-refractivity contribution in [2.45, 2.75) is 33.2 Å². The Morgan fingerprint density at radius 2 is 2.06 bits per heavy atom. The van der Waals surface area contributed by atoms with Crippen LogP contribution < -0.4 is 0 Å². The van der Waals surface area contributed by atoms with E-state index < -0.39 is 0 Å². The zero-order valence-corrected chi connectivity index (χ0v) is 10.6. The van der Waals surface area contributed by atoms with Crippen LogP contribution in [-0.4, -0.2) is 27.8 Å². The molecule has 0 spiro atoms.